The minimum Gasteiger partial charge on any atom is -0.386 e. The van der Waals surface area contributed by atoms with E-state index in [0.717, 1.165) is 22.3 Å². The molecule has 6 nitrogen and oxygen atoms in total. The molecular weight excluding hydrogens is 408 g/mol. The number of nitrogens with one attached hydrogen (secondary N) is 2. The topological polar surface area (TPSA) is 76.0 Å². The second-order valence-electron chi connectivity index (χ2n) is 6.62. The number of aryl methyl sites for hydroxylation is 1. The van der Waals surface area contributed by atoms with Crippen molar-refractivity contribution in [2.75, 3.05) is 17.7 Å². The first kappa shape index (κ1) is 19.3. The van der Waals surface area contributed by atoms with E-state index in [1.807, 2.05) is 37.3 Å². The van der Waals surface area contributed by atoms with Gasteiger partial charge in [-0.05, 0) is 55.0 Å². The summed E-state index contributed by atoms with van der Waals surface area (Å²) >= 11 is 6.33. The maximum Gasteiger partial charge on any atom is 0.269 e. The summed E-state index contributed by atoms with van der Waals surface area (Å²) in [6.45, 7) is 1.97. The molecule has 0 amide bonds. The van der Waals surface area contributed by atoms with E-state index in [0.29, 0.717) is 16.2 Å². The van der Waals surface area contributed by atoms with Gasteiger partial charge in [-0.3, -0.25) is 4.98 Å². The van der Waals surface area contributed by atoms with Crippen molar-refractivity contribution in [2.45, 2.75) is 11.8 Å². The Morgan fingerprint density at radius 2 is 1.90 bits per heavy atom. The minimum atomic E-state index is -3.80. The van der Waals surface area contributed by atoms with Gasteiger partial charge in [-0.25, -0.2) is 12.4 Å². The van der Waals surface area contributed by atoms with Gasteiger partial charge < -0.3 is 10.6 Å². The number of benzene rings is 2. The molecule has 0 unspecified atom stereocenters. The molecule has 0 aliphatic rings. The van der Waals surface area contributed by atoms with Gasteiger partial charge in [0.25, 0.3) is 10.0 Å². The summed E-state index contributed by atoms with van der Waals surface area (Å²) in [5, 5.41) is 7.71. The first-order valence-electron chi connectivity index (χ1n) is 8.92. The van der Waals surface area contributed by atoms with Gasteiger partial charge in [0.1, 0.15) is 4.90 Å². The molecule has 2 aromatic heterocycles. The summed E-state index contributed by atoms with van der Waals surface area (Å²) in [7, 11) is -2.04. The Labute approximate surface area is 174 Å². The van der Waals surface area contributed by atoms with Gasteiger partial charge >= 0.3 is 0 Å². The van der Waals surface area contributed by atoms with Crippen LogP contribution in [-0.4, -0.2) is 24.4 Å². The zero-order valence-corrected chi connectivity index (χ0v) is 17.4. The molecule has 29 heavy (non-hydrogen) atoms. The predicted molar refractivity (Wildman–Crippen MR) is 118 cm³/mol. The average molecular weight is 427 g/mol. The van der Waals surface area contributed by atoms with Crippen LogP contribution >= 0.6 is 11.6 Å². The van der Waals surface area contributed by atoms with E-state index in [4.69, 9.17) is 11.6 Å². The Hall–Kier alpha value is -3.03. The molecule has 0 saturated carbocycles. The van der Waals surface area contributed by atoms with Crippen LogP contribution in [0.5, 0.6) is 0 Å². The molecule has 2 aromatic carbocycles. The van der Waals surface area contributed by atoms with Crippen molar-refractivity contribution in [1.29, 1.82) is 0 Å². The number of rotatable bonds is 5. The second kappa shape index (κ2) is 7.42. The second-order valence-corrected chi connectivity index (χ2v) is 8.84. The van der Waals surface area contributed by atoms with Crippen LogP contribution in [0.2, 0.25) is 5.02 Å². The first-order chi connectivity index (χ1) is 13.9. The Bertz CT molecular complexity index is 1300. The summed E-state index contributed by atoms with van der Waals surface area (Å²) in [4.78, 5) is 4.06. The van der Waals surface area contributed by atoms with E-state index in [-0.39, 0.29) is 4.90 Å². The van der Waals surface area contributed by atoms with E-state index < -0.39 is 10.0 Å². The molecule has 148 valence electrons. The number of hydrogen-bond donors (Lipinski definition) is 2. The van der Waals surface area contributed by atoms with E-state index >= 15 is 0 Å². The van der Waals surface area contributed by atoms with E-state index in [9.17, 15) is 8.42 Å². The number of fused-ring (bicyclic) bond motifs is 1. The highest BCUT2D eigenvalue weighted by molar-refractivity contribution is 7.90. The molecule has 0 bridgehead atoms. The monoisotopic (exact) mass is 426 g/mol. The molecular formula is C21H19ClN4O2S. The third-order valence-corrected chi connectivity index (χ3v) is 6.61. The van der Waals surface area contributed by atoms with Gasteiger partial charge in [-0.2, -0.15) is 0 Å². The lowest BCUT2D eigenvalue weighted by atomic mass is 10.2. The molecule has 0 fully saturated rings. The number of aromatic nitrogens is 2. The van der Waals surface area contributed by atoms with Crippen molar-refractivity contribution in [2.24, 2.45) is 0 Å². The fourth-order valence-electron chi connectivity index (χ4n) is 3.16. The summed E-state index contributed by atoms with van der Waals surface area (Å²) in [5.74, 6) is 0. The molecule has 0 spiro atoms. The maximum absolute atomic E-state index is 13.2. The molecule has 0 aliphatic carbocycles. The number of hydrogen-bond acceptors (Lipinski definition) is 5. The minimum absolute atomic E-state index is 0.125. The van der Waals surface area contributed by atoms with Crippen LogP contribution in [-0.2, 0) is 10.0 Å². The average Bonchev–Trinajstić information content (AvgIpc) is 3.09. The van der Waals surface area contributed by atoms with Crippen molar-refractivity contribution in [3.05, 3.63) is 77.7 Å². The molecule has 0 saturated heterocycles. The van der Waals surface area contributed by atoms with Gasteiger partial charge in [0.05, 0.1) is 21.9 Å². The third-order valence-electron chi connectivity index (χ3n) is 4.64. The summed E-state index contributed by atoms with van der Waals surface area (Å²) < 4.78 is 27.7. The van der Waals surface area contributed by atoms with E-state index in [1.54, 1.807) is 31.6 Å². The maximum atomic E-state index is 13.2. The van der Waals surface area contributed by atoms with Crippen LogP contribution in [0.15, 0.2) is 72.0 Å². The van der Waals surface area contributed by atoms with Crippen LogP contribution < -0.4 is 10.6 Å². The third kappa shape index (κ3) is 3.54. The fourth-order valence-corrected chi connectivity index (χ4v) is 4.77. The van der Waals surface area contributed by atoms with Gasteiger partial charge in [-0.15, -0.1) is 0 Å². The zero-order chi connectivity index (χ0) is 20.6. The van der Waals surface area contributed by atoms with Crippen molar-refractivity contribution >= 4 is 49.6 Å². The van der Waals surface area contributed by atoms with Crippen LogP contribution in [0, 0.1) is 6.92 Å². The smallest absolute Gasteiger partial charge is 0.269 e. The quantitative estimate of drug-likeness (QED) is 0.468. The lowest BCUT2D eigenvalue weighted by Gasteiger charge is -2.11. The van der Waals surface area contributed by atoms with Crippen LogP contribution in [0.3, 0.4) is 0 Å². The Kier molecular flexibility index (Phi) is 4.94. The SMILES string of the molecule is CNc1cn(S(=O)(=O)c2cccnc2)c2cc(Nc3ccc(C)cc3Cl)ccc12. The number of anilines is 3. The number of nitrogens with zero attached hydrogens (tertiary/aromatic N) is 2. The van der Waals surface area contributed by atoms with E-state index in [2.05, 4.69) is 15.6 Å². The molecule has 0 atom stereocenters. The van der Waals surface area contributed by atoms with Crippen LogP contribution in [0.4, 0.5) is 17.1 Å². The molecule has 4 aromatic rings. The highest BCUT2D eigenvalue weighted by Gasteiger charge is 2.21. The predicted octanol–water partition coefficient (Wildman–Crippen LogP) is 5.02. The lowest BCUT2D eigenvalue weighted by molar-refractivity contribution is 0.588. The Morgan fingerprint density at radius 3 is 2.59 bits per heavy atom. The van der Waals surface area contributed by atoms with Gasteiger partial charge in [0.2, 0.25) is 0 Å². The molecule has 2 N–H and O–H groups in total. The largest absolute Gasteiger partial charge is 0.386 e. The lowest BCUT2D eigenvalue weighted by Crippen LogP contribution is -2.12. The summed E-state index contributed by atoms with van der Waals surface area (Å²) in [5.41, 5.74) is 3.80. The molecule has 2 heterocycles. The van der Waals surface area contributed by atoms with Gasteiger partial charge in [0, 0.05) is 36.7 Å². The molecule has 8 heteroatoms. The molecule has 0 radical (unpaired) electrons. The van der Waals surface area contributed by atoms with Crippen molar-refractivity contribution < 1.29 is 8.42 Å². The van der Waals surface area contributed by atoms with Crippen molar-refractivity contribution in [1.82, 2.24) is 8.96 Å². The summed E-state index contributed by atoms with van der Waals surface area (Å²) in [6, 6.07) is 14.4. The first-order valence-corrected chi connectivity index (χ1v) is 10.7. The fraction of sp³-hybridized carbons (Fsp3) is 0.0952. The summed E-state index contributed by atoms with van der Waals surface area (Å²) in [6.07, 6.45) is 4.46. The molecule has 4 rings (SSSR count). The highest BCUT2D eigenvalue weighted by Crippen LogP contribution is 2.33. The molecule has 0 aliphatic heterocycles. The number of pyridine rings is 1. The Morgan fingerprint density at radius 1 is 1.07 bits per heavy atom. The standard InChI is InChI=1S/C21H19ClN4O2S/c1-14-5-8-19(18(22)10-14)25-15-6-7-17-20(23-2)13-26(21(17)11-15)29(27,28)16-4-3-9-24-12-16/h3-13,23,25H,1-2H3. The van der Waals surface area contributed by atoms with Crippen molar-refractivity contribution in [3.8, 4) is 0 Å². The highest BCUT2D eigenvalue weighted by atomic mass is 35.5. The number of halogens is 1. The van der Waals surface area contributed by atoms with Gasteiger partial charge in [-0.1, -0.05) is 17.7 Å². The van der Waals surface area contributed by atoms with Gasteiger partial charge in [0.15, 0.2) is 0 Å². The van der Waals surface area contributed by atoms with E-state index in [1.165, 1.54) is 16.2 Å². The normalized spacial score (nSPS) is 11.6. The van der Waals surface area contributed by atoms with Crippen molar-refractivity contribution in [3.63, 3.8) is 0 Å². The van der Waals surface area contributed by atoms with Crippen LogP contribution in [0.25, 0.3) is 10.9 Å². The zero-order valence-electron chi connectivity index (χ0n) is 15.8. The van der Waals surface area contributed by atoms with Crippen LogP contribution in [0.1, 0.15) is 5.56 Å². The Balaban J connectivity index is 1.84.